The van der Waals surface area contributed by atoms with Gasteiger partial charge in [-0.05, 0) is 24.7 Å². The van der Waals surface area contributed by atoms with Gasteiger partial charge < -0.3 is 10.0 Å². The number of β-amino-alcohol motifs (C(OH)–C–C–N with tert-alkyl or cyclic N) is 1. The number of aliphatic hydroxyl groups excluding tert-OH is 1. The summed E-state index contributed by atoms with van der Waals surface area (Å²) in [5.74, 6) is 1.93. The summed E-state index contributed by atoms with van der Waals surface area (Å²) in [5, 5.41) is 8.82. The third-order valence-corrected chi connectivity index (χ3v) is 3.47. The highest BCUT2D eigenvalue weighted by molar-refractivity contribution is 4.86. The van der Waals surface area contributed by atoms with Gasteiger partial charge >= 0.3 is 0 Å². The Bertz CT molecular complexity index is 135. The summed E-state index contributed by atoms with van der Waals surface area (Å²) >= 11 is 0. The fourth-order valence-electron chi connectivity index (χ4n) is 2.83. The Morgan fingerprint density at radius 2 is 1.67 bits per heavy atom. The van der Waals surface area contributed by atoms with E-state index in [4.69, 9.17) is 5.11 Å². The fraction of sp³-hybridized carbons (Fsp3) is 1.00. The van der Waals surface area contributed by atoms with Gasteiger partial charge in [-0.1, -0.05) is 12.8 Å². The van der Waals surface area contributed by atoms with Crippen LogP contribution in [0.1, 0.15) is 25.7 Å². The van der Waals surface area contributed by atoms with Gasteiger partial charge in [0.2, 0.25) is 0 Å². The zero-order chi connectivity index (χ0) is 8.39. The van der Waals surface area contributed by atoms with Crippen molar-refractivity contribution in [2.24, 2.45) is 11.8 Å². The number of nitrogens with zero attached hydrogens (tertiary/aromatic N) is 1. The van der Waals surface area contributed by atoms with Gasteiger partial charge in [0, 0.05) is 19.6 Å². The summed E-state index contributed by atoms with van der Waals surface area (Å²) in [6.07, 6.45) is 5.75. The molecule has 2 nitrogen and oxygen atoms in total. The van der Waals surface area contributed by atoms with Gasteiger partial charge in [-0.3, -0.25) is 0 Å². The molecule has 1 aliphatic heterocycles. The Morgan fingerprint density at radius 3 is 2.17 bits per heavy atom. The maximum Gasteiger partial charge on any atom is 0.0558 e. The minimum absolute atomic E-state index is 0.333. The molecule has 1 heterocycles. The van der Waals surface area contributed by atoms with Crippen LogP contribution in [0.25, 0.3) is 0 Å². The zero-order valence-corrected chi connectivity index (χ0v) is 7.71. The van der Waals surface area contributed by atoms with Crippen molar-refractivity contribution in [3.63, 3.8) is 0 Å². The highest BCUT2D eigenvalue weighted by Crippen LogP contribution is 2.35. The summed E-state index contributed by atoms with van der Waals surface area (Å²) in [5.41, 5.74) is 0. The highest BCUT2D eigenvalue weighted by Gasteiger charge is 2.33. The molecule has 2 atom stereocenters. The lowest BCUT2D eigenvalue weighted by Gasteiger charge is -2.23. The third kappa shape index (κ3) is 1.64. The van der Waals surface area contributed by atoms with Crippen LogP contribution in [0.3, 0.4) is 0 Å². The first-order chi connectivity index (χ1) is 5.90. The fourth-order valence-corrected chi connectivity index (χ4v) is 2.83. The topological polar surface area (TPSA) is 23.5 Å². The van der Waals surface area contributed by atoms with Gasteiger partial charge in [-0.25, -0.2) is 0 Å². The predicted octanol–water partition coefficient (Wildman–Crippen LogP) is 1.10. The monoisotopic (exact) mass is 169 g/mol. The Hall–Kier alpha value is -0.0800. The van der Waals surface area contributed by atoms with E-state index in [-0.39, 0.29) is 0 Å². The molecule has 1 saturated heterocycles. The number of rotatable bonds is 2. The molecule has 0 unspecified atom stereocenters. The molecule has 0 bridgehead atoms. The Kier molecular flexibility index (Phi) is 2.66. The van der Waals surface area contributed by atoms with E-state index >= 15 is 0 Å². The van der Waals surface area contributed by atoms with E-state index < -0.39 is 0 Å². The van der Waals surface area contributed by atoms with Crippen LogP contribution in [0.2, 0.25) is 0 Å². The van der Waals surface area contributed by atoms with Gasteiger partial charge in [0.05, 0.1) is 6.61 Å². The molecule has 0 aromatic heterocycles. The van der Waals surface area contributed by atoms with Crippen molar-refractivity contribution >= 4 is 0 Å². The second kappa shape index (κ2) is 3.75. The van der Waals surface area contributed by atoms with E-state index in [1.807, 2.05) is 0 Å². The summed E-state index contributed by atoms with van der Waals surface area (Å²) in [6.45, 7) is 3.74. The van der Waals surface area contributed by atoms with Gasteiger partial charge in [0.25, 0.3) is 0 Å². The minimum atomic E-state index is 0.333. The minimum Gasteiger partial charge on any atom is -0.395 e. The van der Waals surface area contributed by atoms with E-state index in [0.717, 1.165) is 18.4 Å². The molecule has 2 fully saturated rings. The summed E-state index contributed by atoms with van der Waals surface area (Å²) < 4.78 is 0. The molecule has 2 heteroatoms. The van der Waals surface area contributed by atoms with Crippen LogP contribution < -0.4 is 0 Å². The lowest BCUT2D eigenvalue weighted by molar-refractivity contribution is 0.215. The van der Waals surface area contributed by atoms with E-state index in [9.17, 15) is 0 Å². The molecule has 12 heavy (non-hydrogen) atoms. The molecule has 1 N–H and O–H groups in total. The molecule has 2 aliphatic rings. The first-order valence-corrected chi connectivity index (χ1v) is 5.23. The SMILES string of the molecule is OCCN1C[C@H]2CCCC[C@H]2C1. The van der Waals surface area contributed by atoms with Crippen molar-refractivity contribution in [3.05, 3.63) is 0 Å². The number of hydrogen-bond donors (Lipinski definition) is 1. The summed E-state index contributed by atoms with van der Waals surface area (Å²) in [4.78, 5) is 2.43. The van der Waals surface area contributed by atoms with Crippen molar-refractivity contribution in [1.82, 2.24) is 4.90 Å². The molecular formula is C10H19NO. The average molecular weight is 169 g/mol. The van der Waals surface area contributed by atoms with E-state index in [1.165, 1.54) is 38.8 Å². The van der Waals surface area contributed by atoms with Gasteiger partial charge in [0.1, 0.15) is 0 Å². The lowest BCUT2D eigenvalue weighted by atomic mass is 9.82. The molecule has 0 radical (unpaired) electrons. The van der Waals surface area contributed by atoms with Crippen LogP contribution in [0.4, 0.5) is 0 Å². The third-order valence-electron chi connectivity index (χ3n) is 3.47. The smallest absolute Gasteiger partial charge is 0.0558 e. The van der Waals surface area contributed by atoms with Crippen molar-refractivity contribution in [3.8, 4) is 0 Å². The second-order valence-corrected chi connectivity index (χ2v) is 4.29. The molecule has 0 amide bonds. The van der Waals surface area contributed by atoms with E-state index in [0.29, 0.717) is 6.61 Å². The van der Waals surface area contributed by atoms with Crippen molar-refractivity contribution in [1.29, 1.82) is 0 Å². The normalized spacial score (nSPS) is 36.8. The highest BCUT2D eigenvalue weighted by atomic mass is 16.3. The molecular weight excluding hydrogens is 150 g/mol. The average Bonchev–Trinajstić information content (AvgIpc) is 2.47. The first-order valence-electron chi connectivity index (χ1n) is 5.23. The lowest BCUT2D eigenvalue weighted by Crippen LogP contribution is -2.24. The number of hydrogen-bond acceptors (Lipinski definition) is 2. The van der Waals surface area contributed by atoms with Crippen molar-refractivity contribution in [2.45, 2.75) is 25.7 Å². The van der Waals surface area contributed by atoms with E-state index in [1.54, 1.807) is 0 Å². The van der Waals surface area contributed by atoms with Crippen LogP contribution in [0, 0.1) is 11.8 Å². The number of aliphatic hydroxyl groups is 1. The van der Waals surface area contributed by atoms with Crippen LogP contribution in [-0.2, 0) is 0 Å². The first kappa shape index (κ1) is 8.52. The number of fused-ring (bicyclic) bond motifs is 1. The van der Waals surface area contributed by atoms with Crippen molar-refractivity contribution in [2.75, 3.05) is 26.2 Å². The molecule has 2 rings (SSSR count). The molecule has 1 aliphatic carbocycles. The molecule has 0 aromatic carbocycles. The van der Waals surface area contributed by atoms with Crippen LogP contribution in [0.15, 0.2) is 0 Å². The van der Waals surface area contributed by atoms with Crippen LogP contribution >= 0.6 is 0 Å². The Labute approximate surface area is 74.6 Å². The summed E-state index contributed by atoms with van der Waals surface area (Å²) in [7, 11) is 0. The molecule has 0 spiro atoms. The quantitative estimate of drug-likeness (QED) is 0.669. The predicted molar refractivity (Wildman–Crippen MR) is 49.0 cm³/mol. The Balaban J connectivity index is 1.85. The second-order valence-electron chi connectivity index (χ2n) is 4.29. The van der Waals surface area contributed by atoms with Gasteiger partial charge in [-0.15, -0.1) is 0 Å². The zero-order valence-electron chi connectivity index (χ0n) is 7.71. The maximum atomic E-state index is 8.82. The standard InChI is InChI=1S/C10H19NO/c12-6-5-11-7-9-3-1-2-4-10(9)8-11/h9-10,12H,1-8H2/t9-,10+. The molecule has 0 aromatic rings. The number of likely N-dealkylation sites (tertiary alicyclic amines) is 1. The Morgan fingerprint density at radius 1 is 1.08 bits per heavy atom. The van der Waals surface area contributed by atoms with Crippen molar-refractivity contribution < 1.29 is 5.11 Å². The largest absolute Gasteiger partial charge is 0.395 e. The van der Waals surface area contributed by atoms with Crippen LogP contribution in [0.5, 0.6) is 0 Å². The molecule has 70 valence electrons. The van der Waals surface area contributed by atoms with Crippen LogP contribution in [-0.4, -0.2) is 36.2 Å². The summed E-state index contributed by atoms with van der Waals surface area (Å²) in [6, 6.07) is 0. The molecule has 1 saturated carbocycles. The maximum absolute atomic E-state index is 8.82. The van der Waals surface area contributed by atoms with Gasteiger partial charge in [-0.2, -0.15) is 0 Å². The van der Waals surface area contributed by atoms with Gasteiger partial charge in [0.15, 0.2) is 0 Å². The van der Waals surface area contributed by atoms with E-state index in [2.05, 4.69) is 4.90 Å².